The summed E-state index contributed by atoms with van der Waals surface area (Å²) in [7, 11) is 0. The summed E-state index contributed by atoms with van der Waals surface area (Å²) in [5.74, 6) is 0.526. The summed E-state index contributed by atoms with van der Waals surface area (Å²) < 4.78 is 0. The molecule has 4 rings (SSSR count). The normalized spacial score (nSPS) is 33.6. The van der Waals surface area contributed by atoms with Gasteiger partial charge >= 0.3 is 0 Å². The summed E-state index contributed by atoms with van der Waals surface area (Å²) in [5, 5.41) is 6.99. The summed E-state index contributed by atoms with van der Waals surface area (Å²) in [6.45, 7) is 2.22. The Morgan fingerprint density at radius 1 is 1.14 bits per heavy atom. The van der Waals surface area contributed by atoms with Gasteiger partial charge < -0.3 is 10.6 Å². The van der Waals surface area contributed by atoms with Gasteiger partial charge in [0, 0.05) is 17.9 Å². The molecule has 0 spiro atoms. The molecule has 3 unspecified atom stereocenters. The molecule has 1 aliphatic carbocycles. The molecular formula is C19H22N2. The van der Waals surface area contributed by atoms with Crippen LogP contribution in [0.5, 0.6) is 0 Å². The van der Waals surface area contributed by atoms with Crippen molar-refractivity contribution < 1.29 is 0 Å². The number of hydrogen-bond acceptors (Lipinski definition) is 2. The Morgan fingerprint density at radius 3 is 2.86 bits per heavy atom. The van der Waals surface area contributed by atoms with E-state index in [1.807, 2.05) is 0 Å². The van der Waals surface area contributed by atoms with Gasteiger partial charge in [-0.15, -0.1) is 0 Å². The van der Waals surface area contributed by atoms with Crippen molar-refractivity contribution >= 4 is 0 Å². The third kappa shape index (κ3) is 2.34. The first-order valence-electron chi connectivity index (χ1n) is 7.94. The topological polar surface area (TPSA) is 24.1 Å². The highest BCUT2D eigenvalue weighted by atomic mass is 14.9. The Labute approximate surface area is 126 Å². The highest BCUT2D eigenvalue weighted by Gasteiger charge is 2.38. The maximum absolute atomic E-state index is 3.58. The van der Waals surface area contributed by atoms with Crippen molar-refractivity contribution in [3.8, 4) is 0 Å². The van der Waals surface area contributed by atoms with Crippen molar-refractivity contribution in [2.45, 2.75) is 18.9 Å². The van der Waals surface area contributed by atoms with Crippen molar-refractivity contribution in [2.24, 2.45) is 11.3 Å². The molecule has 3 aliphatic rings. The second-order valence-electron chi connectivity index (χ2n) is 6.48. The minimum absolute atomic E-state index is 0.263. The van der Waals surface area contributed by atoms with E-state index in [4.69, 9.17) is 0 Å². The minimum atomic E-state index is 0.263. The van der Waals surface area contributed by atoms with E-state index in [-0.39, 0.29) is 5.41 Å². The van der Waals surface area contributed by atoms with Crippen molar-refractivity contribution in [1.29, 1.82) is 0 Å². The Balaban J connectivity index is 1.65. The molecule has 2 heteroatoms. The Kier molecular flexibility index (Phi) is 3.19. The highest BCUT2D eigenvalue weighted by molar-refractivity contribution is 5.39. The van der Waals surface area contributed by atoms with E-state index in [1.165, 1.54) is 17.6 Å². The molecule has 1 saturated heterocycles. The van der Waals surface area contributed by atoms with E-state index in [0.717, 1.165) is 19.5 Å². The van der Waals surface area contributed by atoms with Gasteiger partial charge in [0.15, 0.2) is 0 Å². The van der Waals surface area contributed by atoms with E-state index >= 15 is 0 Å². The molecule has 0 bridgehead atoms. The molecule has 2 N–H and O–H groups in total. The van der Waals surface area contributed by atoms with Crippen LogP contribution in [0.1, 0.15) is 12.0 Å². The zero-order chi connectivity index (χ0) is 14.1. The van der Waals surface area contributed by atoms with Gasteiger partial charge in [0.25, 0.3) is 0 Å². The molecule has 108 valence electrons. The predicted octanol–water partition coefficient (Wildman–Crippen LogP) is 2.81. The highest BCUT2D eigenvalue weighted by Crippen LogP contribution is 2.41. The maximum Gasteiger partial charge on any atom is 0.0540 e. The van der Waals surface area contributed by atoms with Crippen LogP contribution >= 0.6 is 0 Å². The number of hydrogen-bond donors (Lipinski definition) is 2. The largest absolute Gasteiger partial charge is 0.384 e. The van der Waals surface area contributed by atoms with Crippen LogP contribution in [0, 0.1) is 11.3 Å². The standard InChI is InChI=1S/C19H22N2/c1-2-4-15(5-3-1)13-19(9-11-20-14-19)17-6-7-18-16(12-17)8-10-21-18/h1-8,10,12,16,18,20-21H,9,11,13-14H2. The van der Waals surface area contributed by atoms with Gasteiger partial charge in [0.05, 0.1) is 6.04 Å². The molecule has 2 heterocycles. The second-order valence-corrected chi connectivity index (χ2v) is 6.48. The van der Waals surface area contributed by atoms with Crippen LogP contribution in [-0.4, -0.2) is 19.1 Å². The zero-order valence-electron chi connectivity index (χ0n) is 12.3. The van der Waals surface area contributed by atoms with Gasteiger partial charge in [-0.2, -0.15) is 0 Å². The summed E-state index contributed by atoms with van der Waals surface area (Å²) in [6, 6.07) is 11.4. The molecule has 0 amide bonds. The third-order valence-corrected chi connectivity index (χ3v) is 5.12. The number of nitrogens with one attached hydrogen (secondary N) is 2. The average Bonchev–Trinajstić information content (AvgIpc) is 3.17. The van der Waals surface area contributed by atoms with Crippen LogP contribution in [0.25, 0.3) is 0 Å². The Bertz CT molecular complexity index is 591. The molecule has 21 heavy (non-hydrogen) atoms. The average molecular weight is 278 g/mol. The number of allylic oxidation sites excluding steroid dienone is 1. The number of benzene rings is 1. The monoisotopic (exact) mass is 278 g/mol. The molecule has 0 radical (unpaired) electrons. The Hall–Kier alpha value is -1.80. The van der Waals surface area contributed by atoms with Crippen molar-refractivity contribution in [2.75, 3.05) is 13.1 Å². The molecule has 0 aromatic heterocycles. The fourth-order valence-electron chi connectivity index (χ4n) is 3.91. The van der Waals surface area contributed by atoms with Crippen LogP contribution in [0.2, 0.25) is 0 Å². The van der Waals surface area contributed by atoms with Gasteiger partial charge in [0.1, 0.15) is 0 Å². The van der Waals surface area contributed by atoms with E-state index in [2.05, 4.69) is 71.5 Å². The first kappa shape index (κ1) is 12.9. The van der Waals surface area contributed by atoms with E-state index in [1.54, 1.807) is 0 Å². The molecular weight excluding hydrogens is 256 g/mol. The van der Waals surface area contributed by atoms with Gasteiger partial charge in [-0.05, 0) is 36.7 Å². The van der Waals surface area contributed by atoms with Gasteiger partial charge in [-0.25, -0.2) is 0 Å². The summed E-state index contributed by atoms with van der Waals surface area (Å²) in [5.41, 5.74) is 3.22. The van der Waals surface area contributed by atoms with Crippen molar-refractivity contribution in [1.82, 2.24) is 10.6 Å². The van der Waals surface area contributed by atoms with Crippen molar-refractivity contribution in [3.05, 3.63) is 72.0 Å². The minimum Gasteiger partial charge on any atom is -0.384 e. The second kappa shape index (κ2) is 5.19. The molecule has 2 aliphatic heterocycles. The first-order chi connectivity index (χ1) is 10.4. The molecule has 2 nitrogen and oxygen atoms in total. The summed E-state index contributed by atoms with van der Waals surface area (Å²) in [4.78, 5) is 0. The van der Waals surface area contributed by atoms with Crippen LogP contribution in [0.15, 0.2) is 66.4 Å². The molecule has 1 fully saturated rings. The van der Waals surface area contributed by atoms with Crippen molar-refractivity contribution in [3.63, 3.8) is 0 Å². The van der Waals surface area contributed by atoms with Crippen LogP contribution in [0.4, 0.5) is 0 Å². The van der Waals surface area contributed by atoms with Gasteiger partial charge in [0.2, 0.25) is 0 Å². The lowest BCUT2D eigenvalue weighted by Gasteiger charge is -2.33. The molecule has 1 aromatic carbocycles. The Morgan fingerprint density at radius 2 is 2.05 bits per heavy atom. The zero-order valence-corrected chi connectivity index (χ0v) is 12.3. The lowest BCUT2D eigenvalue weighted by molar-refractivity contribution is 0.396. The van der Waals surface area contributed by atoms with E-state index in [0.29, 0.717) is 12.0 Å². The van der Waals surface area contributed by atoms with E-state index < -0.39 is 0 Å². The van der Waals surface area contributed by atoms with Crippen LogP contribution in [0.3, 0.4) is 0 Å². The van der Waals surface area contributed by atoms with Crippen LogP contribution in [-0.2, 0) is 6.42 Å². The fourth-order valence-corrected chi connectivity index (χ4v) is 3.91. The van der Waals surface area contributed by atoms with Crippen LogP contribution < -0.4 is 10.6 Å². The lowest BCUT2D eigenvalue weighted by atomic mass is 9.71. The SMILES string of the molecule is C1=CC2C=C(C3(Cc4ccccc4)CCNC3)C=CC2N1. The number of fused-ring (bicyclic) bond motifs is 1. The third-order valence-electron chi connectivity index (χ3n) is 5.12. The molecule has 0 saturated carbocycles. The van der Waals surface area contributed by atoms with Gasteiger partial charge in [-0.3, -0.25) is 0 Å². The lowest BCUT2D eigenvalue weighted by Crippen LogP contribution is -2.32. The quantitative estimate of drug-likeness (QED) is 0.888. The molecule has 1 aromatic rings. The molecule has 3 atom stereocenters. The fraction of sp³-hybridized carbons (Fsp3) is 0.368. The predicted molar refractivity (Wildman–Crippen MR) is 86.8 cm³/mol. The summed E-state index contributed by atoms with van der Waals surface area (Å²) >= 11 is 0. The summed E-state index contributed by atoms with van der Waals surface area (Å²) in [6.07, 6.45) is 13.9. The van der Waals surface area contributed by atoms with E-state index in [9.17, 15) is 0 Å². The maximum atomic E-state index is 3.58. The first-order valence-corrected chi connectivity index (χ1v) is 7.94. The number of rotatable bonds is 3. The smallest absolute Gasteiger partial charge is 0.0540 e. The van der Waals surface area contributed by atoms with Gasteiger partial charge in [-0.1, -0.05) is 54.6 Å².